The van der Waals surface area contributed by atoms with Gasteiger partial charge in [0.1, 0.15) is 11.1 Å². The van der Waals surface area contributed by atoms with Crippen molar-refractivity contribution in [2.45, 2.75) is 31.4 Å². The van der Waals surface area contributed by atoms with Crippen molar-refractivity contribution in [1.29, 1.82) is 0 Å². The molecule has 0 aromatic carbocycles. The van der Waals surface area contributed by atoms with Crippen LogP contribution >= 0.6 is 27.5 Å². The van der Waals surface area contributed by atoms with Crippen molar-refractivity contribution in [3.63, 3.8) is 0 Å². The zero-order valence-corrected chi connectivity index (χ0v) is 10.5. The summed E-state index contributed by atoms with van der Waals surface area (Å²) in [5, 5.41) is 0.517. The molecule has 1 aromatic rings. The number of halogens is 2. The van der Waals surface area contributed by atoms with E-state index in [1.807, 2.05) is 0 Å². The Morgan fingerprint density at radius 1 is 1.53 bits per heavy atom. The third-order valence-electron chi connectivity index (χ3n) is 2.54. The maximum absolute atomic E-state index is 6.00. The lowest BCUT2D eigenvalue weighted by Crippen LogP contribution is -2.33. The summed E-state index contributed by atoms with van der Waals surface area (Å²) in [7, 11) is 0. The second-order valence-corrected chi connectivity index (χ2v) is 5.01. The minimum atomic E-state index is 0.0520. The van der Waals surface area contributed by atoms with Crippen molar-refractivity contribution in [3.05, 3.63) is 21.8 Å². The molecule has 1 aromatic heterocycles. The molecular formula is C10H12BrClN2O. The lowest BCUT2D eigenvalue weighted by molar-refractivity contribution is 0.184. The van der Waals surface area contributed by atoms with E-state index in [-0.39, 0.29) is 12.1 Å². The highest BCUT2D eigenvalue weighted by molar-refractivity contribution is 9.10. The molecule has 15 heavy (non-hydrogen) atoms. The molecule has 82 valence electrons. The van der Waals surface area contributed by atoms with Gasteiger partial charge in [-0.2, -0.15) is 0 Å². The largest absolute Gasteiger partial charge is 0.472 e. The third kappa shape index (κ3) is 2.62. The first-order valence-electron chi connectivity index (χ1n) is 4.90. The summed E-state index contributed by atoms with van der Waals surface area (Å²) in [6.45, 7) is 0. The van der Waals surface area contributed by atoms with Crippen LogP contribution in [-0.2, 0) is 0 Å². The summed E-state index contributed by atoms with van der Waals surface area (Å²) >= 11 is 9.29. The van der Waals surface area contributed by atoms with Crippen LogP contribution in [0.25, 0.3) is 0 Å². The number of hydrogen-bond acceptors (Lipinski definition) is 3. The molecule has 0 saturated heterocycles. The molecule has 1 fully saturated rings. The van der Waals surface area contributed by atoms with Gasteiger partial charge in [0, 0.05) is 16.7 Å². The molecule has 0 aliphatic heterocycles. The number of ether oxygens (including phenoxy) is 1. The molecule has 1 aliphatic rings. The smallest absolute Gasteiger partial charge is 0.232 e. The highest BCUT2D eigenvalue weighted by Gasteiger charge is 2.26. The van der Waals surface area contributed by atoms with Crippen molar-refractivity contribution in [2.75, 3.05) is 0 Å². The molecule has 2 unspecified atom stereocenters. The van der Waals surface area contributed by atoms with E-state index in [0.717, 1.165) is 23.7 Å². The van der Waals surface area contributed by atoms with E-state index < -0.39 is 0 Å². The molecule has 2 atom stereocenters. The van der Waals surface area contributed by atoms with Crippen molar-refractivity contribution in [2.24, 2.45) is 5.73 Å². The fourth-order valence-corrected chi connectivity index (χ4v) is 2.41. The Bertz CT molecular complexity index is 361. The van der Waals surface area contributed by atoms with Gasteiger partial charge in [-0.1, -0.05) is 11.6 Å². The molecule has 0 amide bonds. The van der Waals surface area contributed by atoms with Gasteiger partial charge in [0.15, 0.2) is 0 Å². The molecule has 0 radical (unpaired) electrons. The first-order chi connectivity index (χ1) is 7.16. The lowest BCUT2D eigenvalue weighted by atomic mass is 10.2. The quantitative estimate of drug-likeness (QED) is 0.911. The van der Waals surface area contributed by atoms with Gasteiger partial charge < -0.3 is 10.5 Å². The van der Waals surface area contributed by atoms with Crippen LogP contribution in [0.1, 0.15) is 19.3 Å². The van der Waals surface area contributed by atoms with Crippen molar-refractivity contribution in [1.82, 2.24) is 4.98 Å². The molecular weight excluding hydrogens is 279 g/mol. The molecule has 2 rings (SSSR count). The van der Waals surface area contributed by atoms with Crippen LogP contribution in [-0.4, -0.2) is 17.1 Å². The van der Waals surface area contributed by atoms with Crippen LogP contribution in [0.2, 0.25) is 5.02 Å². The Balaban J connectivity index is 2.10. The van der Waals surface area contributed by atoms with Gasteiger partial charge in [0.25, 0.3) is 0 Å². The Kier molecular flexibility index (Phi) is 3.49. The summed E-state index contributed by atoms with van der Waals surface area (Å²) in [5.74, 6) is 0.474. The van der Waals surface area contributed by atoms with Crippen molar-refractivity contribution in [3.8, 4) is 5.88 Å². The summed E-state index contributed by atoms with van der Waals surface area (Å²) in [6.07, 6.45) is 4.83. The fraction of sp³-hybridized carbons (Fsp3) is 0.500. The van der Waals surface area contributed by atoms with E-state index in [0.29, 0.717) is 10.9 Å². The molecule has 2 N–H and O–H groups in total. The Morgan fingerprint density at radius 3 is 2.93 bits per heavy atom. The van der Waals surface area contributed by atoms with Crippen LogP contribution in [0.4, 0.5) is 0 Å². The van der Waals surface area contributed by atoms with Gasteiger partial charge in [0.2, 0.25) is 5.88 Å². The molecule has 1 aliphatic carbocycles. The highest BCUT2D eigenvalue weighted by atomic mass is 79.9. The highest BCUT2D eigenvalue weighted by Crippen LogP contribution is 2.29. The lowest BCUT2D eigenvalue weighted by Gasteiger charge is -2.17. The van der Waals surface area contributed by atoms with Gasteiger partial charge in [-0.05, 0) is 41.3 Å². The van der Waals surface area contributed by atoms with Gasteiger partial charge in [-0.15, -0.1) is 0 Å². The summed E-state index contributed by atoms with van der Waals surface area (Å²) < 4.78 is 6.53. The minimum Gasteiger partial charge on any atom is -0.472 e. The van der Waals surface area contributed by atoms with Gasteiger partial charge in [0.05, 0.1) is 0 Å². The maximum atomic E-state index is 6.00. The number of nitrogens with zero attached hydrogens (tertiary/aromatic N) is 1. The normalized spacial score (nSPS) is 25.5. The molecule has 0 bridgehead atoms. The topological polar surface area (TPSA) is 48.1 Å². The number of hydrogen-bond donors (Lipinski definition) is 1. The van der Waals surface area contributed by atoms with Gasteiger partial charge in [-0.25, -0.2) is 4.98 Å². The number of aromatic nitrogens is 1. The van der Waals surface area contributed by atoms with E-state index in [4.69, 9.17) is 22.1 Å². The van der Waals surface area contributed by atoms with Crippen molar-refractivity contribution < 1.29 is 4.74 Å². The maximum Gasteiger partial charge on any atom is 0.232 e. The third-order valence-corrected chi connectivity index (χ3v) is 3.25. The van der Waals surface area contributed by atoms with E-state index in [2.05, 4.69) is 20.9 Å². The number of rotatable bonds is 2. The zero-order valence-electron chi connectivity index (χ0n) is 8.12. The predicted octanol–water partition coefficient (Wildman–Crippen LogP) is 2.76. The second-order valence-electron chi connectivity index (χ2n) is 3.69. The van der Waals surface area contributed by atoms with Gasteiger partial charge in [-0.3, -0.25) is 0 Å². The van der Waals surface area contributed by atoms with E-state index in [1.54, 1.807) is 12.3 Å². The summed E-state index contributed by atoms with van der Waals surface area (Å²) in [6, 6.07) is 1.87. The number of nitrogens with two attached hydrogens (primary N) is 1. The average molecular weight is 292 g/mol. The minimum absolute atomic E-state index is 0.0520. The fourth-order valence-electron chi connectivity index (χ4n) is 1.73. The molecule has 1 saturated carbocycles. The summed E-state index contributed by atoms with van der Waals surface area (Å²) in [4.78, 5) is 4.12. The first-order valence-corrected chi connectivity index (χ1v) is 6.07. The molecule has 3 nitrogen and oxygen atoms in total. The summed E-state index contributed by atoms with van der Waals surface area (Å²) in [5.41, 5.74) is 5.90. The predicted molar refractivity (Wildman–Crippen MR) is 63.2 cm³/mol. The SMILES string of the molecule is NC1CCCC1Oc1ncc(Br)cc1Cl. The van der Waals surface area contributed by atoms with E-state index in [9.17, 15) is 0 Å². The second kappa shape index (κ2) is 4.68. The Morgan fingerprint density at radius 2 is 2.33 bits per heavy atom. The monoisotopic (exact) mass is 290 g/mol. The van der Waals surface area contributed by atoms with Crippen LogP contribution in [0.5, 0.6) is 5.88 Å². The van der Waals surface area contributed by atoms with Crippen LogP contribution in [0, 0.1) is 0 Å². The standard InChI is InChI=1S/C10H12BrClN2O/c11-6-4-7(12)10(14-5-6)15-9-3-1-2-8(9)13/h4-5,8-9H,1-3,13H2. The molecule has 1 heterocycles. The zero-order chi connectivity index (χ0) is 10.8. The van der Waals surface area contributed by atoms with Gasteiger partial charge >= 0.3 is 0 Å². The Labute approximate surface area is 102 Å². The Hall–Kier alpha value is -0.320. The molecule has 5 heteroatoms. The number of pyridine rings is 1. The molecule has 0 spiro atoms. The van der Waals surface area contributed by atoms with Crippen LogP contribution in [0.15, 0.2) is 16.7 Å². The van der Waals surface area contributed by atoms with Crippen molar-refractivity contribution >= 4 is 27.5 Å². The average Bonchev–Trinajstić information content (AvgIpc) is 2.57. The van der Waals surface area contributed by atoms with Crippen LogP contribution < -0.4 is 10.5 Å². The van der Waals surface area contributed by atoms with Crippen LogP contribution in [0.3, 0.4) is 0 Å². The van der Waals surface area contributed by atoms with E-state index in [1.165, 1.54) is 0 Å². The van der Waals surface area contributed by atoms with E-state index >= 15 is 0 Å². The first kappa shape index (κ1) is 11.2.